The lowest BCUT2D eigenvalue weighted by molar-refractivity contribution is -0.0718. The molecule has 1 unspecified atom stereocenters. The summed E-state index contributed by atoms with van der Waals surface area (Å²) in [5.41, 5.74) is 3.11. The number of nitrogens with two attached hydrogens (primary N) is 1. The number of rotatable bonds is 2. The number of nitrogen functional groups attached to an aromatic ring is 1. The number of aliphatic hydroxyl groups is 3. The largest absolute Gasteiger partial charge is 0.394 e. The van der Waals surface area contributed by atoms with Crippen LogP contribution in [0.25, 0.3) is 11.0 Å². The van der Waals surface area contributed by atoms with Crippen molar-refractivity contribution in [1.82, 2.24) is 14.5 Å². The number of nitrogens with zero attached hydrogens (tertiary/aromatic N) is 2. The Kier molecular flexibility index (Phi) is 3.79. The number of fused-ring (bicyclic) bond motifs is 1. The highest BCUT2D eigenvalue weighted by Gasteiger charge is 2.55. The van der Waals surface area contributed by atoms with Gasteiger partial charge in [-0.2, -0.15) is 4.98 Å². The van der Waals surface area contributed by atoms with Crippen molar-refractivity contribution in [3.8, 4) is 11.3 Å². The summed E-state index contributed by atoms with van der Waals surface area (Å²) in [7, 11) is 0. The van der Waals surface area contributed by atoms with Crippen molar-refractivity contribution in [3.63, 3.8) is 0 Å². The van der Waals surface area contributed by atoms with E-state index in [2.05, 4.69) is 15.9 Å². The molecule has 0 aliphatic carbocycles. The normalized spacial score (nSPS) is 30.3. The first-order chi connectivity index (χ1) is 10.9. The summed E-state index contributed by atoms with van der Waals surface area (Å²) in [4.78, 5) is 18.2. The molecule has 6 N–H and O–H groups in total. The second-order valence-corrected chi connectivity index (χ2v) is 5.30. The van der Waals surface area contributed by atoms with Crippen molar-refractivity contribution >= 4 is 28.6 Å². The number of ether oxygens (including phenoxy) is 1. The second-order valence-electron chi connectivity index (χ2n) is 5.11. The minimum absolute atomic E-state index is 0.119. The highest BCUT2D eigenvalue weighted by molar-refractivity contribution is 6.30. The molecule has 2 aromatic heterocycles. The molecule has 1 aliphatic heterocycles. The van der Waals surface area contributed by atoms with E-state index in [-0.39, 0.29) is 17.0 Å². The Balaban J connectivity index is 2.20. The van der Waals surface area contributed by atoms with Gasteiger partial charge in [0.1, 0.15) is 12.2 Å². The first kappa shape index (κ1) is 15.8. The number of anilines is 1. The van der Waals surface area contributed by atoms with Gasteiger partial charge in [0.25, 0.3) is 5.56 Å². The minimum atomic E-state index is -2.10. The summed E-state index contributed by atoms with van der Waals surface area (Å²) in [5, 5.41) is 32.4. The molecule has 4 atom stereocenters. The zero-order valence-corrected chi connectivity index (χ0v) is 12.4. The Hall–Kier alpha value is -2.09. The molecule has 3 rings (SSSR count). The number of halogens is 1. The predicted octanol–water partition coefficient (Wildman–Crippen LogP) is -1.51. The zero-order chi connectivity index (χ0) is 16.8. The van der Waals surface area contributed by atoms with Crippen LogP contribution in [0.5, 0.6) is 0 Å². The third-order valence-corrected chi connectivity index (χ3v) is 3.86. The van der Waals surface area contributed by atoms with Gasteiger partial charge in [-0.15, -0.1) is 0 Å². The van der Waals surface area contributed by atoms with E-state index in [0.717, 1.165) is 0 Å². The van der Waals surface area contributed by atoms with Crippen LogP contribution in [0.1, 0.15) is 6.23 Å². The Labute approximate surface area is 134 Å². The fraction of sp³-hybridized carbons (Fsp3) is 0.385. The number of H-pyrrole nitrogens is 1. The van der Waals surface area contributed by atoms with Crippen molar-refractivity contribution in [3.05, 3.63) is 22.6 Å². The molecular formula is C13H13ClN4O5. The summed E-state index contributed by atoms with van der Waals surface area (Å²) < 4.78 is 6.79. The van der Waals surface area contributed by atoms with Crippen LogP contribution in [0.3, 0.4) is 0 Å². The molecule has 0 spiro atoms. The van der Waals surface area contributed by atoms with Gasteiger partial charge < -0.3 is 30.4 Å². The standard InChI is InChI=1S/C13H13ClN4O5/c14-3-2-13(22)8(20)7(5-19)23-11(13)18-4-1-6-9(18)16-12(15)17-10(6)21/h1,4,7-8,11,19-20,22H,5H2,(H3,15,16,17,21)/t7-,8+,11-,13?/m1/s1. The van der Waals surface area contributed by atoms with Crippen LogP contribution in [0, 0.1) is 11.3 Å². The van der Waals surface area contributed by atoms with Gasteiger partial charge in [0.05, 0.1) is 12.0 Å². The van der Waals surface area contributed by atoms with Gasteiger partial charge in [0.15, 0.2) is 11.9 Å². The molecule has 1 aliphatic rings. The molecule has 3 heterocycles. The third-order valence-electron chi connectivity index (χ3n) is 3.76. The van der Waals surface area contributed by atoms with Crippen molar-refractivity contribution in [2.24, 2.45) is 0 Å². The molecule has 0 amide bonds. The quantitative estimate of drug-likeness (QED) is 0.417. The van der Waals surface area contributed by atoms with E-state index in [1.54, 1.807) is 0 Å². The highest BCUT2D eigenvalue weighted by atomic mass is 35.5. The summed E-state index contributed by atoms with van der Waals surface area (Å²) >= 11 is 5.37. The average molecular weight is 341 g/mol. The molecular weight excluding hydrogens is 328 g/mol. The summed E-state index contributed by atoms with van der Waals surface area (Å²) in [6.45, 7) is -0.542. The highest BCUT2D eigenvalue weighted by Crippen LogP contribution is 2.39. The number of aromatic amines is 1. The molecule has 122 valence electrons. The molecule has 10 heteroatoms. The minimum Gasteiger partial charge on any atom is -0.394 e. The van der Waals surface area contributed by atoms with Gasteiger partial charge in [-0.1, -0.05) is 0 Å². The zero-order valence-electron chi connectivity index (χ0n) is 11.6. The lowest BCUT2D eigenvalue weighted by atomic mass is 9.95. The van der Waals surface area contributed by atoms with Crippen LogP contribution in [0.15, 0.2) is 17.1 Å². The van der Waals surface area contributed by atoms with Crippen molar-refractivity contribution in [1.29, 1.82) is 0 Å². The first-order valence-corrected chi connectivity index (χ1v) is 6.96. The van der Waals surface area contributed by atoms with E-state index in [0.29, 0.717) is 0 Å². The summed E-state index contributed by atoms with van der Waals surface area (Å²) in [5.74, 6) is 2.17. The Morgan fingerprint density at radius 2 is 2.35 bits per heavy atom. The topological polar surface area (TPSA) is 147 Å². The molecule has 23 heavy (non-hydrogen) atoms. The lowest BCUT2D eigenvalue weighted by Crippen LogP contribution is -2.45. The molecule has 9 nitrogen and oxygen atoms in total. The monoisotopic (exact) mass is 340 g/mol. The van der Waals surface area contributed by atoms with Gasteiger partial charge in [0.2, 0.25) is 11.5 Å². The van der Waals surface area contributed by atoms with E-state index in [1.807, 2.05) is 5.38 Å². The van der Waals surface area contributed by atoms with Crippen molar-refractivity contribution in [2.45, 2.75) is 24.0 Å². The maximum atomic E-state index is 11.9. The number of hydrogen-bond donors (Lipinski definition) is 5. The van der Waals surface area contributed by atoms with Crippen LogP contribution < -0.4 is 11.3 Å². The Morgan fingerprint density at radius 1 is 1.61 bits per heavy atom. The fourth-order valence-corrected chi connectivity index (χ4v) is 2.81. The van der Waals surface area contributed by atoms with Gasteiger partial charge >= 0.3 is 0 Å². The van der Waals surface area contributed by atoms with E-state index in [9.17, 15) is 20.1 Å². The summed E-state index contributed by atoms with van der Waals surface area (Å²) in [6, 6.07) is 1.46. The van der Waals surface area contributed by atoms with Gasteiger partial charge in [-0.05, 0) is 23.6 Å². The van der Waals surface area contributed by atoms with Crippen molar-refractivity contribution in [2.75, 3.05) is 12.3 Å². The Morgan fingerprint density at radius 3 is 3.00 bits per heavy atom. The molecule has 1 saturated heterocycles. The average Bonchev–Trinajstić information content (AvgIpc) is 3.01. The molecule has 0 aromatic carbocycles. The van der Waals surface area contributed by atoms with E-state index < -0.39 is 36.2 Å². The SMILES string of the molecule is Nc1nc2c(ccn2[C@@H]2O[C@H](CO)[C@H](O)C2(O)C#CCl)c(=O)[nH]1. The third kappa shape index (κ3) is 2.28. The van der Waals surface area contributed by atoms with E-state index >= 15 is 0 Å². The van der Waals surface area contributed by atoms with Crippen LogP contribution >= 0.6 is 11.6 Å². The lowest BCUT2D eigenvalue weighted by Gasteiger charge is -2.26. The molecule has 1 fully saturated rings. The predicted molar refractivity (Wildman–Crippen MR) is 80.3 cm³/mol. The molecule has 0 bridgehead atoms. The number of hydrogen-bond acceptors (Lipinski definition) is 7. The molecule has 0 saturated carbocycles. The first-order valence-electron chi connectivity index (χ1n) is 6.58. The summed E-state index contributed by atoms with van der Waals surface area (Å²) in [6.07, 6.45) is -2.41. The van der Waals surface area contributed by atoms with E-state index in [4.69, 9.17) is 22.1 Å². The maximum Gasteiger partial charge on any atom is 0.261 e. The van der Waals surface area contributed by atoms with Crippen molar-refractivity contribution < 1.29 is 20.1 Å². The number of nitrogens with one attached hydrogen (secondary N) is 1. The van der Waals surface area contributed by atoms with Gasteiger partial charge in [-0.25, -0.2) is 0 Å². The fourth-order valence-electron chi connectivity index (χ4n) is 2.65. The molecule has 0 radical (unpaired) electrons. The smallest absolute Gasteiger partial charge is 0.261 e. The number of aliphatic hydroxyl groups excluding tert-OH is 2. The second kappa shape index (κ2) is 5.52. The molecule has 2 aromatic rings. The van der Waals surface area contributed by atoms with Gasteiger partial charge in [0, 0.05) is 11.6 Å². The van der Waals surface area contributed by atoms with Crippen LogP contribution in [-0.4, -0.2) is 54.3 Å². The van der Waals surface area contributed by atoms with Crippen LogP contribution in [0.2, 0.25) is 0 Å². The van der Waals surface area contributed by atoms with E-state index in [1.165, 1.54) is 16.8 Å². The van der Waals surface area contributed by atoms with Crippen LogP contribution in [-0.2, 0) is 4.74 Å². The maximum absolute atomic E-state index is 11.9. The number of aromatic nitrogens is 3. The van der Waals surface area contributed by atoms with Gasteiger partial charge in [-0.3, -0.25) is 9.78 Å². The van der Waals surface area contributed by atoms with Crippen LogP contribution in [0.4, 0.5) is 5.95 Å². The Bertz CT molecular complexity index is 869.